The molecular weight excluding hydrogens is 515 g/mol. The first-order chi connectivity index (χ1) is 16.9. The fraction of sp³-hybridized carbons (Fsp3) is 0.318. The zero-order chi connectivity index (χ0) is 27.0. The first kappa shape index (κ1) is 28.4. The van der Waals surface area contributed by atoms with Crippen molar-refractivity contribution in [2.45, 2.75) is 32.5 Å². The third-order valence-corrected chi connectivity index (χ3v) is 4.62. The van der Waals surface area contributed by atoms with E-state index in [2.05, 4.69) is 0 Å². The van der Waals surface area contributed by atoms with Gasteiger partial charge in [-0.2, -0.15) is 13.2 Å². The number of carbonyl (C=O) groups excluding carboxylic acids is 3. The Morgan fingerprint density at radius 1 is 1.06 bits per heavy atom. The topological polar surface area (TPSA) is 131 Å². The molecule has 1 unspecified atom stereocenters. The van der Waals surface area contributed by atoms with Crippen molar-refractivity contribution in [3.8, 4) is 11.5 Å². The molecule has 0 aliphatic carbocycles. The number of alkyl halides is 3. The van der Waals surface area contributed by atoms with Crippen molar-refractivity contribution in [2.24, 2.45) is 0 Å². The molecule has 0 saturated carbocycles. The van der Waals surface area contributed by atoms with Gasteiger partial charge in [0.15, 0.2) is 0 Å². The summed E-state index contributed by atoms with van der Waals surface area (Å²) in [7, 11) is 0. The van der Waals surface area contributed by atoms with Gasteiger partial charge >= 0.3 is 24.1 Å². The highest BCUT2D eigenvalue weighted by Crippen LogP contribution is 2.37. The summed E-state index contributed by atoms with van der Waals surface area (Å²) in [6, 6.07) is 5.10. The Labute approximate surface area is 207 Å². The van der Waals surface area contributed by atoms with Gasteiger partial charge in [-0.15, -0.1) is 0 Å². The Bertz CT molecular complexity index is 1150. The summed E-state index contributed by atoms with van der Waals surface area (Å²) in [6.07, 6.45) is -7.11. The second kappa shape index (κ2) is 12.2. The van der Waals surface area contributed by atoms with Crippen molar-refractivity contribution in [1.29, 1.82) is 0 Å². The number of esters is 3. The van der Waals surface area contributed by atoms with Crippen molar-refractivity contribution in [1.82, 2.24) is 0 Å². The third-order valence-electron chi connectivity index (χ3n) is 4.33. The maximum Gasteiger partial charge on any atom is 0.416 e. The fourth-order valence-electron chi connectivity index (χ4n) is 2.76. The molecule has 2 aromatic carbocycles. The van der Waals surface area contributed by atoms with Crippen LogP contribution in [-0.4, -0.2) is 42.1 Å². The van der Waals surface area contributed by atoms with Gasteiger partial charge in [0, 0.05) is 12.1 Å². The van der Waals surface area contributed by atoms with Crippen molar-refractivity contribution >= 4 is 35.2 Å². The molecule has 0 amide bonds. The van der Waals surface area contributed by atoms with Gasteiger partial charge in [-0.25, -0.2) is 9.59 Å². The minimum absolute atomic E-state index is 0.0142. The number of hydrogen-bond donors (Lipinski definition) is 0. The lowest BCUT2D eigenvalue weighted by Gasteiger charge is -2.16. The van der Waals surface area contributed by atoms with E-state index < -0.39 is 63.4 Å². The lowest BCUT2D eigenvalue weighted by molar-refractivity contribution is -0.385. The van der Waals surface area contributed by atoms with Gasteiger partial charge in [0.2, 0.25) is 6.10 Å². The quantitative estimate of drug-likeness (QED) is 0.177. The van der Waals surface area contributed by atoms with Crippen molar-refractivity contribution in [2.75, 3.05) is 13.2 Å². The van der Waals surface area contributed by atoms with E-state index >= 15 is 0 Å². The Balaban J connectivity index is 2.36. The van der Waals surface area contributed by atoms with Crippen LogP contribution in [0.2, 0.25) is 5.02 Å². The molecule has 0 aliphatic rings. The Kier molecular flexibility index (Phi) is 9.61. The number of halogens is 4. The van der Waals surface area contributed by atoms with E-state index in [9.17, 15) is 37.7 Å². The smallest absolute Gasteiger partial charge is 0.416 e. The van der Waals surface area contributed by atoms with Crippen LogP contribution in [0.15, 0.2) is 36.4 Å². The van der Waals surface area contributed by atoms with Crippen LogP contribution in [0, 0.1) is 10.1 Å². The zero-order valence-corrected chi connectivity index (χ0v) is 19.6. The molecule has 0 aliphatic heterocycles. The van der Waals surface area contributed by atoms with Crippen LogP contribution in [0.1, 0.15) is 36.2 Å². The standard InChI is InChI=1S/C22H19ClF3NO9/c1-3-33-19(28)11-18(21(30)34-4-2)36-20(29)14-10-13(6-7-16(14)27(31)32)35-17-8-5-12(9-15(17)23)22(24,25)26/h5-10,18H,3-4,11H2,1-2H3. The molecular formula is C22H19ClF3NO9. The van der Waals surface area contributed by atoms with E-state index in [4.69, 9.17) is 30.5 Å². The normalized spacial score (nSPS) is 11.8. The fourth-order valence-corrected chi connectivity index (χ4v) is 2.98. The summed E-state index contributed by atoms with van der Waals surface area (Å²) in [5.41, 5.74) is -2.43. The van der Waals surface area contributed by atoms with Crippen LogP contribution in [0.3, 0.4) is 0 Å². The Morgan fingerprint density at radius 3 is 2.28 bits per heavy atom. The van der Waals surface area contributed by atoms with Crippen molar-refractivity contribution in [3.63, 3.8) is 0 Å². The molecule has 0 spiro atoms. The Hall–Kier alpha value is -3.87. The molecule has 2 rings (SSSR count). The zero-order valence-electron chi connectivity index (χ0n) is 18.8. The van der Waals surface area contributed by atoms with Crippen LogP contribution in [-0.2, 0) is 30.0 Å². The van der Waals surface area contributed by atoms with Gasteiger partial charge in [-0.3, -0.25) is 14.9 Å². The molecule has 0 fully saturated rings. The molecule has 0 aromatic heterocycles. The molecule has 0 heterocycles. The summed E-state index contributed by atoms with van der Waals surface area (Å²) in [5.74, 6) is -3.78. The second-order valence-electron chi connectivity index (χ2n) is 6.84. The second-order valence-corrected chi connectivity index (χ2v) is 7.24. The number of carbonyl (C=O) groups is 3. The van der Waals surface area contributed by atoms with Crippen molar-refractivity contribution < 1.29 is 51.4 Å². The Morgan fingerprint density at radius 2 is 1.72 bits per heavy atom. The summed E-state index contributed by atoms with van der Waals surface area (Å²) >= 11 is 5.86. The lowest BCUT2D eigenvalue weighted by Crippen LogP contribution is -2.32. The molecule has 1 atom stereocenters. The average Bonchev–Trinajstić information content (AvgIpc) is 2.79. The molecule has 36 heavy (non-hydrogen) atoms. The number of benzene rings is 2. The minimum atomic E-state index is -4.65. The third kappa shape index (κ3) is 7.57. The summed E-state index contributed by atoms with van der Waals surface area (Å²) in [4.78, 5) is 47.2. The maximum atomic E-state index is 12.8. The summed E-state index contributed by atoms with van der Waals surface area (Å²) < 4.78 is 58.4. The van der Waals surface area contributed by atoms with Crippen LogP contribution in [0.4, 0.5) is 18.9 Å². The molecule has 2 aromatic rings. The van der Waals surface area contributed by atoms with Gasteiger partial charge in [-0.1, -0.05) is 11.6 Å². The molecule has 0 saturated heterocycles. The molecule has 0 radical (unpaired) electrons. The van der Waals surface area contributed by atoms with Crippen molar-refractivity contribution in [3.05, 3.63) is 62.7 Å². The molecule has 10 nitrogen and oxygen atoms in total. The predicted octanol–water partition coefficient (Wildman–Crippen LogP) is 5.10. The van der Waals surface area contributed by atoms with E-state index in [0.717, 1.165) is 24.3 Å². The van der Waals surface area contributed by atoms with E-state index in [-0.39, 0.29) is 24.7 Å². The van der Waals surface area contributed by atoms with Crippen LogP contribution in [0.25, 0.3) is 0 Å². The van der Waals surface area contributed by atoms with E-state index in [0.29, 0.717) is 12.1 Å². The lowest BCUT2D eigenvalue weighted by atomic mass is 10.1. The number of nitro benzene ring substituents is 1. The number of nitro groups is 1. The monoisotopic (exact) mass is 533 g/mol. The largest absolute Gasteiger partial charge is 0.466 e. The van der Waals surface area contributed by atoms with Gasteiger partial charge in [-0.05, 0) is 38.1 Å². The van der Waals surface area contributed by atoms with Crippen LogP contribution in [0.5, 0.6) is 11.5 Å². The molecule has 194 valence electrons. The van der Waals surface area contributed by atoms with E-state index in [1.54, 1.807) is 0 Å². The minimum Gasteiger partial charge on any atom is -0.466 e. The highest BCUT2D eigenvalue weighted by atomic mass is 35.5. The maximum absolute atomic E-state index is 12.8. The SMILES string of the molecule is CCOC(=O)CC(OC(=O)c1cc(Oc2ccc(C(F)(F)F)cc2Cl)ccc1[N+](=O)[O-])C(=O)OCC. The van der Waals surface area contributed by atoms with Gasteiger partial charge in [0.25, 0.3) is 5.69 Å². The summed E-state index contributed by atoms with van der Waals surface area (Å²) in [5, 5.41) is 11.0. The molecule has 14 heteroatoms. The van der Waals surface area contributed by atoms with Gasteiger partial charge in [0.05, 0.1) is 35.1 Å². The van der Waals surface area contributed by atoms with Gasteiger partial charge < -0.3 is 18.9 Å². The number of hydrogen-bond acceptors (Lipinski definition) is 9. The molecule has 0 bridgehead atoms. The first-order valence-corrected chi connectivity index (χ1v) is 10.6. The highest BCUT2D eigenvalue weighted by Gasteiger charge is 2.33. The average molecular weight is 534 g/mol. The number of ether oxygens (including phenoxy) is 4. The van der Waals surface area contributed by atoms with Crippen LogP contribution < -0.4 is 4.74 Å². The predicted molar refractivity (Wildman–Crippen MR) is 117 cm³/mol. The number of rotatable bonds is 10. The summed E-state index contributed by atoms with van der Waals surface area (Å²) in [6.45, 7) is 2.87. The first-order valence-electron chi connectivity index (χ1n) is 10.2. The van der Waals surface area contributed by atoms with Gasteiger partial charge in [0.1, 0.15) is 17.1 Å². The highest BCUT2D eigenvalue weighted by molar-refractivity contribution is 6.32. The van der Waals surface area contributed by atoms with E-state index in [1.807, 2.05) is 0 Å². The van der Waals surface area contributed by atoms with Crippen LogP contribution >= 0.6 is 11.6 Å². The molecule has 0 N–H and O–H groups in total. The van der Waals surface area contributed by atoms with E-state index in [1.165, 1.54) is 13.8 Å². The number of nitrogens with zero attached hydrogens (tertiary/aromatic N) is 1.